The summed E-state index contributed by atoms with van der Waals surface area (Å²) in [5.74, 6) is 0. The van der Waals surface area contributed by atoms with E-state index in [1.54, 1.807) is 21.0 Å². The monoisotopic (exact) mass is 402 g/mol. The predicted molar refractivity (Wildman–Crippen MR) is 0.686 cm³/mol. The summed E-state index contributed by atoms with van der Waals surface area (Å²) in [7, 11) is 0. The van der Waals surface area contributed by atoms with Gasteiger partial charge in [0.1, 0.15) is 0 Å². The predicted octanol–water partition coefficient (Wildman–Crippen LogP) is -0.126. The molecule has 0 atom stereocenters. The van der Waals surface area contributed by atoms with Crippen molar-refractivity contribution in [3.05, 3.63) is 0 Å². The molecule has 0 bridgehead atoms. The van der Waals surface area contributed by atoms with E-state index in [1.165, 1.54) is 0 Å². The Morgan fingerprint density at radius 3 is 1.20 bits per heavy atom. The Morgan fingerprint density at radius 1 is 1.20 bits per heavy atom. The molecular formula is AgLaOVY. The molecule has 0 aromatic rings. The molecule has 0 N–H and O–H groups in total. The first-order valence-corrected chi connectivity index (χ1v) is 0.728. The van der Waals surface area contributed by atoms with Crippen molar-refractivity contribution in [1.29, 1.82) is 0 Å². The zero-order valence-corrected chi connectivity index (χ0v) is 11.7. The molecule has 28 valence electrons. The molecule has 0 aromatic heterocycles. The number of rotatable bonds is 0. The van der Waals surface area contributed by atoms with Crippen LogP contribution in [0.5, 0.6) is 0 Å². The Bertz CT molecular complexity index is 11.6. The van der Waals surface area contributed by atoms with Crippen molar-refractivity contribution >= 4 is 0 Å². The first-order valence-electron chi connectivity index (χ1n) is 0.123. The first kappa shape index (κ1) is 23.7. The molecule has 0 unspecified atom stereocenters. The zero-order chi connectivity index (χ0) is 2.00. The van der Waals surface area contributed by atoms with E-state index in [1.807, 2.05) is 0 Å². The van der Waals surface area contributed by atoms with Crippen molar-refractivity contribution in [3.63, 3.8) is 0 Å². The van der Waals surface area contributed by atoms with Crippen molar-refractivity contribution in [2.45, 2.75) is 0 Å². The van der Waals surface area contributed by atoms with Crippen LogP contribution in [0.3, 0.4) is 0 Å². The quantitative estimate of drug-likeness (QED) is 0.516. The van der Waals surface area contributed by atoms with E-state index < -0.39 is 0 Å². The molecule has 5 heteroatoms. The van der Waals surface area contributed by atoms with E-state index in [9.17, 15) is 0 Å². The van der Waals surface area contributed by atoms with Gasteiger partial charge in [-0.25, -0.2) is 0 Å². The summed E-state index contributed by atoms with van der Waals surface area (Å²) in [5.41, 5.74) is 0. The molecular weight excluding hydrogens is 403 g/mol. The van der Waals surface area contributed by atoms with Gasteiger partial charge in [-0.2, -0.15) is 0 Å². The molecule has 0 aliphatic rings. The molecule has 0 saturated heterocycles. The van der Waals surface area contributed by atoms with Gasteiger partial charge in [0.15, 0.2) is 0 Å². The Balaban J connectivity index is -0.00000000167. The summed E-state index contributed by atoms with van der Waals surface area (Å²) >= 11 is 1.70. The van der Waals surface area contributed by atoms with Crippen molar-refractivity contribution in [1.82, 2.24) is 0 Å². The number of hydrogen-bond donors (Lipinski definition) is 0. The fraction of sp³-hybridized carbons (Fsp3) is 0. The summed E-state index contributed by atoms with van der Waals surface area (Å²) in [4.78, 5) is 0. The van der Waals surface area contributed by atoms with Crippen LogP contribution >= 0.6 is 0 Å². The Labute approximate surface area is 108 Å². The molecule has 5 heavy (non-hydrogen) atoms. The van der Waals surface area contributed by atoms with Gasteiger partial charge < -0.3 is 0 Å². The van der Waals surface area contributed by atoms with Crippen LogP contribution in [0.2, 0.25) is 0 Å². The summed E-state index contributed by atoms with van der Waals surface area (Å²) in [6.07, 6.45) is 0. The summed E-state index contributed by atoms with van der Waals surface area (Å²) in [6, 6.07) is 0. The van der Waals surface area contributed by atoms with Crippen LogP contribution in [0.1, 0.15) is 0 Å². The second kappa shape index (κ2) is 26.1. The standard InChI is InChI=1S/Ag.La.O.V.Y. The van der Waals surface area contributed by atoms with E-state index in [0.29, 0.717) is 0 Å². The maximum absolute atomic E-state index is 8.06. The smallest absolute Gasteiger partial charge is 0 e. The molecule has 0 aliphatic heterocycles. The number of hydrogen-bond acceptors (Lipinski definition) is 1. The van der Waals surface area contributed by atoms with Gasteiger partial charge >= 0.3 is 24.3 Å². The van der Waals surface area contributed by atoms with Gasteiger partial charge in [0.25, 0.3) is 0 Å². The van der Waals surface area contributed by atoms with Crippen LogP contribution in [-0.2, 0) is 75.6 Å². The van der Waals surface area contributed by atoms with Gasteiger partial charge in [-0.1, -0.05) is 0 Å². The molecule has 0 amide bonds. The second-order valence-electron chi connectivity index (χ2n) is 0. The minimum absolute atomic E-state index is 0. The third-order valence-corrected chi connectivity index (χ3v) is 0. The van der Waals surface area contributed by atoms with E-state index in [4.69, 9.17) is 3.25 Å². The van der Waals surface area contributed by atoms with Crippen molar-refractivity contribution in [2.75, 3.05) is 0 Å². The van der Waals surface area contributed by atoms with Crippen LogP contribution in [0.4, 0.5) is 0 Å². The van der Waals surface area contributed by atoms with Crippen LogP contribution < -0.4 is 0 Å². The van der Waals surface area contributed by atoms with E-state index in [2.05, 4.69) is 0 Å². The maximum Gasteiger partial charge on any atom is 0 e. The SMILES string of the molecule is [La].[O]=[Ag].[V].[Y]. The summed E-state index contributed by atoms with van der Waals surface area (Å²) < 4.78 is 8.06. The topological polar surface area (TPSA) is 17.1 Å². The summed E-state index contributed by atoms with van der Waals surface area (Å²) in [6.45, 7) is 0. The van der Waals surface area contributed by atoms with Crippen molar-refractivity contribution in [3.8, 4) is 0 Å². The molecule has 0 saturated carbocycles. The third kappa shape index (κ3) is 18.6. The Kier molecular flexibility index (Phi) is 124. The van der Waals surface area contributed by atoms with Crippen LogP contribution in [0.15, 0.2) is 0 Å². The molecule has 0 spiro atoms. The van der Waals surface area contributed by atoms with E-state index in [0.717, 1.165) is 0 Å². The molecule has 0 aromatic carbocycles. The molecule has 0 fully saturated rings. The average Bonchev–Trinajstić information content (AvgIpc) is 1.00. The molecule has 1 nitrogen and oxygen atoms in total. The van der Waals surface area contributed by atoms with Crippen molar-refractivity contribution in [2.24, 2.45) is 0 Å². The summed E-state index contributed by atoms with van der Waals surface area (Å²) in [5, 5.41) is 0. The van der Waals surface area contributed by atoms with Gasteiger partial charge in [-0.05, 0) is 0 Å². The molecule has 0 rings (SSSR count). The first-order chi connectivity index (χ1) is 1.00. The van der Waals surface area contributed by atoms with Gasteiger partial charge in [-0.3, -0.25) is 0 Å². The minimum atomic E-state index is 0. The van der Waals surface area contributed by atoms with Crippen LogP contribution in [0.25, 0.3) is 0 Å². The van der Waals surface area contributed by atoms with E-state index in [-0.39, 0.29) is 86.9 Å². The van der Waals surface area contributed by atoms with Crippen LogP contribution in [0, 0.1) is 35.6 Å². The fourth-order valence-corrected chi connectivity index (χ4v) is 0. The van der Waals surface area contributed by atoms with Gasteiger partial charge in [0, 0.05) is 86.9 Å². The molecule has 3 radical (unpaired) electrons. The Hall–Kier alpha value is 3.42. The third-order valence-electron chi connectivity index (χ3n) is 0. The zero-order valence-electron chi connectivity index (χ0n) is 2.31. The largest absolute Gasteiger partial charge is 0 e. The minimum Gasteiger partial charge on any atom is 0 e. The fourth-order valence-electron chi connectivity index (χ4n) is 0. The van der Waals surface area contributed by atoms with E-state index >= 15 is 0 Å². The van der Waals surface area contributed by atoms with Gasteiger partial charge in [-0.15, -0.1) is 0 Å². The average molecular weight is 403 g/mol. The van der Waals surface area contributed by atoms with Crippen molar-refractivity contribution < 1.29 is 111 Å². The molecule has 0 aliphatic carbocycles. The normalized spacial score (nSPS) is 1.20. The maximum atomic E-state index is 8.06. The van der Waals surface area contributed by atoms with Crippen LogP contribution in [-0.4, -0.2) is 0 Å². The second-order valence-corrected chi connectivity index (χ2v) is 0. The Morgan fingerprint density at radius 2 is 1.20 bits per heavy atom. The van der Waals surface area contributed by atoms with Gasteiger partial charge in [0.05, 0.1) is 0 Å². The van der Waals surface area contributed by atoms with Gasteiger partial charge in [0.2, 0.25) is 0 Å². The molecule has 0 heterocycles.